The fraction of sp³-hybridized carbons (Fsp3) is 0.400. The summed E-state index contributed by atoms with van der Waals surface area (Å²) in [4.78, 5) is 11.3. The van der Waals surface area contributed by atoms with Gasteiger partial charge < -0.3 is 4.74 Å². The third kappa shape index (κ3) is 7.28. The molecule has 0 aliphatic heterocycles. The number of rotatable bonds is 8. The van der Waals surface area contributed by atoms with Crippen molar-refractivity contribution in [2.24, 2.45) is 0 Å². The van der Waals surface area contributed by atoms with E-state index in [9.17, 15) is 4.79 Å². The van der Waals surface area contributed by atoms with E-state index >= 15 is 0 Å². The summed E-state index contributed by atoms with van der Waals surface area (Å²) in [6.45, 7) is 0.353. The number of carbonyl (C=O) groups is 1. The second kappa shape index (κ2) is 9.89. The molecule has 0 saturated carbocycles. The number of alkyl halides is 1. The van der Waals surface area contributed by atoms with Gasteiger partial charge in [-0.3, -0.25) is 4.79 Å². The van der Waals surface area contributed by atoms with Crippen molar-refractivity contribution in [3.05, 3.63) is 42.0 Å². The highest BCUT2D eigenvalue weighted by Gasteiger charge is 2.00. The zero-order valence-corrected chi connectivity index (χ0v) is 12.1. The van der Waals surface area contributed by atoms with Gasteiger partial charge in [0.2, 0.25) is 0 Å². The zero-order valence-electron chi connectivity index (χ0n) is 10.5. The van der Waals surface area contributed by atoms with E-state index in [0.29, 0.717) is 13.0 Å². The topological polar surface area (TPSA) is 26.3 Å². The first kappa shape index (κ1) is 15.0. The van der Waals surface area contributed by atoms with Crippen molar-refractivity contribution in [2.45, 2.75) is 25.7 Å². The van der Waals surface area contributed by atoms with Crippen molar-refractivity contribution in [1.29, 1.82) is 0 Å². The molecule has 0 aromatic heterocycles. The van der Waals surface area contributed by atoms with Gasteiger partial charge in [-0.2, -0.15) is 0 Å². The zero-order chi connectivity index (χ0) is 13.1. The molecule has 1 rings (SSSR count). The highest BCUT2D eigenvalue weighted by atomic mass is 79.9. The second-order valence-electron chi connectivity index (χ2n) is 4.00. The Kier molecular flexibility index (Phi) is 8.23. The van der Waals surface area contributed by atoms with E-state index in [1.54, 1.807) is 0 Å². The lowest BCUT2D eigenvalue weighted by Gasteiger charge is -2.01. The maximum atomic E-state index is 11.3. The number of halogens is 1. The Balaban J connectivity index is 2.10. The molecule has 0 fully saturated rings. The second-order valence-corrected chi connectivity index (χ2v) is 4.79. The molecule has 18 heavy (non-hydrogen) atoms. The Labute approximate surface area is 117 Å². The molecule has 0 amide bonds. The summed E-state index contributed by atoms with van der Waals surface area (Å²) in [5.41, 5.74) is 1.12. The van der Waals surface area contributed by atoms with Crippen molar-refractivity contribution in [2.75, 3.05) is 11.9 Å². The fourth-order valence-corrected chi connectivity index (χ4v) is 1.90. The Hall–Kier alpha value is -1.09. The molecule has 0 unspecified atom stereocenters. The first-order chi connectivity index (χ1) is 8.83. The lowest BCUT2D eigenvalue weighted by atomic mass is 10.2. The SMILES string of the molecule is O=C(CCCCCBr)OC/C=C/c1ccccc1. The van der Waals surface area contributed by atoms with E-state index < -0.39 is 0 Å². The molecule has 1 aromatic rings. The summed E-state index contributed by atoms with van der Waals surface area (Å²) in [6.07, 6.45) is 7.43. The third-order valence-electron chi connectivity index (χ3n) is 2.46. The van der Waals surface area contributed by atoms with E-state index in [4.69, 9.17) is 4.74 Å². The predicted octanol–water partition coefficient (Wildman–Crippen LogP) is 4.20. The van der Waals surface area contributed by atoms with Crippen molar-refractivity contribution in [1.82, 2.24) is 0 Å². The Morgan fingerprint density at radius 3 is 2.67 bits per heavy atom. The summed E-state index contributed by atoms with van der Waals surface area (Å²) in [7, 11) is 0. The van der Waals surface area contributed by atoms with Crippen LogP contribution in [0.15, 0.2) is 36.4 Å². The van der Waals surface area contributed by atoms with E-state index in [1.807, 2.05) is 42.5 Å². The molecule has 0 spiro atoms. The normalized spacial score (nSPS) is 10.7. The lowest BCUT2D eigenvalue weighted by Crippen LogP contribution is -2.03. The van der Waals surface area contributed by atoms with Crippen LogP contribution in [-0.2, 0) is 9.53 Å². The summed E-state index contributed by atoms with van der Waals surface area (Å²) in [6, 6.07) is 9.96. The van der Waals surface area contributed by atoms with Gasteiger partial charge in [-0.05, 0) is 24.5 Å². The van der Waals surface area contributed by atoms with Crippen LogP contribution < -0.4 is 0 Å². The largest absolute Gasteiger partial charge is 0.461 e. The molecule has 0 saturated heterocycles. The molecule has 0 aliphatic carbocycles. The Morgan fingerprint density at radius 1 is 1.17 bits per heavy atom. The maximum absolute atomic E-state index is 11.3. The Morgan fingerprint density at radius 2 is 1.94 bits per heavy atom. The number of hydrogen-bond acceptors (Lipinski definition) is 2. The minimum absolute atomic E-state index is 0.109. The smallest absolute Gasteiger partial charge is 0.306 e. The van der Waals surface area contributed by atoms with Crippen LogP contribution >= 0.6 is 15.9 Å². The highest BCUT2D eigenvalue weighted by molar-refractivity contribution is 9.09. The molecule has 1 aromatic carbocycles. The first-order valence-corrected chi connectivity index (χ1v) is 7.38. The maximum Gasteiger partial charge on any atom is 0.306 e. The van der Waals surface area contributed by atoms with E-state index in [0.717, 1.165) is 30.2 Å². The van der Waals surface area contributed by atoms with E-state index in [1.165, 1.54) is 0 Å². The standard InChI is InChI=1S/C15H19BrO2/c16-12-6-2-5-11-15(17)18-13-7-10-14-8-3-1-4-9-14/h1,3-4,7-10H,2,5-6,11-13H2/b10-7+. The van der Waals surface area contributed by atoms with Crippen LogP contribution in [0.3, 0.4) is 0 Å². The minimum atomic E-state index is -0.109. The van der Waals surface area contributed by atoms with Gasteiger partial charge in [-0.15, -0.1) is 0 Å². The monoisotopic (exact) mass is 310 g/mol. The average Bonchev–Trinajstić information content (AvgIpc) is 2.41. The first-order valence-electron chi connectivity index (χ1n) is 6.26. The third-order valence-corrected chi connectivity index (χ3v) is 3.03. The molecule has 0 N–H and O–H groups in total. The number of ether oxygens (including phenoxy) is 1. The highest BCUT2D eigenvalue weighted by Crippen LogP contribution is 2.04. The average molecular weight is 311 g/mol. The molecule has 0 aliphatic rings. The lowest BCUT2D eigenvalue weighted by molar-refractivity contribution is -0.142. The van der Waals surface area contributed by atoms with Gasteiger partial charge in [0.1, 0.15) is 6.61 Å². The van der Waals surface area contributed by atoms with Gasteiger partial charge in [0, 0.05) is 11.8 Å². The van der Waals surface area contributed by atoms with Gasteiger partial charge in [0.05, 0.1) is 0 Å². The van der Waals surface area contributed by atoms with Gasteiger partial charge in [0.15, 0.2) is 0 Å². The van der Waals surface area contributed by atoms with Crippen molar-refractivity contribution < 1.29 is 9.53 Å². The van der Waals surface area contributed by atoms with Crippen molar-refractivity contribution in [3.8, 4) is 0 Å². The van der Waals surface area contributed by atoms with Gasteiger partial charge in [-0.1, -0.05) is 58.8 Å². The molecule has 3 heteroatoms. The molecular formula is C15H19BrO2. The number of esters is 1. The van der Waals surface area contributed by atoms with Crippen LogP contribution in [-0.4, -0.2) is 17.9 Å². The molecule has 0 bridgehead atoms. The Bertz CT molecular complexity index is 360. The number of benzene rings is 1. The molecule has 98 valence electrons. The minimum Gasteiger partial charge on any atom is -0.461 e. The van der Waals surface area contributed by atoms with Crippen molar-refractivity contribution in [3.63, 3.8) is 0 Å². The van der Waals surface area contributed by atoms with Gasteiger partial charge >= 0.3 is 5.97 Å². The molecule has 0 atom stereocenters. The number of carbonyl (C=O) groups excluding carboxylic acids is 1. The van der Waals surface area contributed by atoms with Crippen LogP contribution in [0.5, 0.6) is 0 Å². The van der Waals surface area contributed by atoms with Crippen LogP contribution in [0.2, 0.25) is 0 Å². The van der Waals surface area contributed by atoms with E-state index in [2.05, 4.69) is 15.9 Å². The fourth-order valence-electron chi connectivity index (χ4n) is 1.50. The van der Waals surface area contributed by atoms with E-state index in [-0.39, 0.29) is 5.97 Å². The van der Waals surface area contributed by atoms with Crippen molar-refractivity contribution >= 4 is 28.0 Å². The molecule has 0 heterocycles. The summed E-state index contributed by atoms with van der Waals surface area (Å²) in [5.74, 6) is -0.109. The molecular weight excluding hydrogens is 292 g/mol. The molecule has 2 nitrogen and oxygen atoms in total. The number of unbranched alkanes of at least 4 members (excludes halogenated alkanes) is 2. The van der Waals surface area contributed by atoms with Crippen LogP contribution in [0.25, 0.3) is 6.08 Å². The van der Waals surface area contributed by atoms with Gasteiger partial charge in [-0.25, -0.2) is 0 Å². The van der Waals surface area contributed by atoms with Crippen LogP contribution in [0.1, 0.15) is 31.2 Å². The van der Waals surface area contributed by atoms with Crippen LogP contribution in [0, 0.1) is 0 Å². The quantitative estimate of drug-likeness (QED) is 0.409. The van der Waals surface area contributed by atoms with Crippen LogP contribution in [0.4, 0.5) is 0 Å². The summed E-state index contributed by atoms with van der Waals surface area (Å²) < 4.78 is 5.11. The number of hydrogen-bond donors (Lipinski definition) is 0. The summed E-state index contributed by atoms with van der Waals surface area (Å²) in [5, 5.41) is 1.00. The predicted molar refractivity (Wildman–Crippen MR) is 78.7 cm³/mol. The summed E-state index contributed by atoms with van der Waals surface area (Å²) >= 11 is 3.36. The van der Waals surface area contributed by atoms with Gasteiger partial charge in [0.25, 0.3) is 0 Å². The molecule has 0 radical (unpaired) electrons.